The topological polar surface area (TPSA) is 167 Å². The van der Waals surface area contributed by atoms with Crippen LogP contribution in [0.2, 0.25) is 0 Å². The zero-order valence-corrected chi connectivity index (χ0v) is 33.4. The molecule has 2 aromatic carbocycles. The van der Waals surface area contributed by atoms with E-state index in [0.29, 0.717) is 48.1 Å². The highest BCUT2D eigenvalue weighted by Gasteiger charge is 2.65. The Bertz CT molecular complexity index is 1790. The van der Waals surface area contributed by atoms with Crippen LogP contribution < -0.4 is 24.3 Å². The van der Waals surface area contributed by atoms with Gasteiger partial charge >= 0.3 is 12.2 Å². The minimum absolute atomic E-state index is 0.0221. The van der Waals surface area contributed by atoms with Gasteiger partial charge in [-0.1, -0.05) is 36.2 Å². The first-order valence-electron chi connectivity index (χ1n) is 19.8. The monoisotopic (exact) mass is 811 g/mol. The van der Waals surface area contributed by atoms with Crippen molar-refractivity contribution in [3.63, 3.8) is 0 Å². The molecule has 4 aliphatic rings. The van der Waals surface area contributed by atoms with Crippen LogP contribution in [0.5, 0.6) is 23.0 Å². The molecule has 6 atom stereocenters. The fourth-order valence-electron chi connectivity index (χ4n) is 8.86. The molecule has 0 bridgehead atoms. The molecule has 310 valence electrons. The van der Waals surface area contributed by atoms with Crippen molar-refractivity contribution in [3.8, 4) is 23.0 Å². The number of halogens is 1. The molecule has 2 aromatic rings. The number of carbonyl (C=O) groups excluding carboxylic acids is 2. The number of hydrogen-bond acceptors (Lipinski definition) is 12. The summed E-state index contributed by atoms with van der Waals surface area (Å²) in [7, 11) is 1.49. The van der Waals surface area contributed by atoms with Crippen molar-refractivity contribution < 1.29 is 53.1 Å². The van der Waals surface area contributed by atoms with E-state index >= 15 is 0 Å². The quantitative estimate of drug-likeness (QED) is 0.0601. The lowest BCUT2D eigenvalue weighted by atomic mass is 9.55. The third-order valence-corrected chi connectivity index (χ3v) is 11.2. The number of alkyl halides is 1. The van der Waals surface area contributed by atoms with Crippen molar-refractivity contribution in [3.05, 3.63) is 71.8 Å². The number of benzene rings is 2. The number of nitrogens with one attached hydrogen (secondary N) is 1. The van der Waals surface area contributed by atoms with E-state index in [1.165, 1.54) is 7.11 Å². The fraction of sp³-hybridized carbons (Fsp3) is 0.548. The number of oxime groups is 1. The van der Waals surface area contributed by atoms with Gasteiger partial charge in [0, 0.05) is 44.2 Å². The smallest absolute Gasteiger partial charge is 0.412 e. The first-order chi connectivity index (χ1) is 27.8. The van der Waals surface area contributed by atoms with Gasteiger partial charge in [0.05, 0.1) is 24.1 Å². The van der Waals surface area contributed by atoms with E-state index in [-0.39, 0.29) is 69.8 Å². The second-order valence-electron chi connectivity index (χ2n) is 14.5. The van der Waals surface area contributed by atoms with E-state index in [1.807, 2.05) is 31.2 Å². The van der Waals surface area contributed by atoms with Gasteiger partial charge in [-0.15, -0.1) is 18.2 Å². The van der Waals surface area contributed by atoms with Gasteiger partial charge in [0.1, 0.15) is 31.3 Å². The van der Waals surface area contributed by atoms with Crippen LogP contribution in [0.15, 0.2) is 65.9 Å². The summed E-state index contributed by atoms with van der Waals surface area (Å²) in [6, 6.07) is 10.0. The van der Waals surface area contributed by atoms with Crippen LogP contribution >= 0.6 is 11.6 Å². The maximum absolute atomic E-state index is 14.4. The molecule has 3 N–H and O–H groups in total. The van der Waals surface area contributed by atoms with Crippen molar-refractivity contribution in [2.75, 3.05) is 52.8 Å². The fourth-order valence-corrected chi connectivity index (χ4v) is 8.93. The molecule has 0 radical (unpaired) electrons. The minimum Gasteiger partial charge on any atom is -0.459 e. The van der Waals surface area contributed by atoms with Gasteiger partial charge in [0.2, 0.25) is 12.6 Å². The van der Waals surface area contributed by atoms with E-state index in [0.717, 1.165) is 42.4 Å². The van der Waals surface area contributed by atoms with Crippen LogP contribution in [0.25, 0.3) is 0 Å². The lowest BCUT2D eigenvalue weighted by Crippen LogP contribution is -2.70. The van der Waals surface area contributed by atoms with E-state index < -0.39 is 29.9 Å². The molecule has 14 nitrogen and oxygen atoms in total. The summed E-state index contributed by atoms with van der Waals surface area (Å²) in [6.07, 6.45) is 7.20. The highest BCUT2D eigenvalue weighted by atomic mass is 35.5. The number of aliphatic hydroxyl groups excluding tert-OH is 2. The van der Waals surface area contributed by atoms with Gasteiger partial charge in [-0.25, -0.2) is 9.59 Å². The molecule has 1 fully saturated rings. The molecule has 0 unspecified atom stereocenters. The molecule has 2 amide bonds. The second-order valence-corrected chi connectivity index (χ2v) is 14.9. The molecule has 0 saturated heterocycles. The Labute approximate surface area is 338 Å². The normalized spacial score (nSPS) is 24.7. The van der Waals surface area contributed by atoms with Gasteiger partial charge in [0.25, 0.3) is 0 Å². The number of aliphatic hydroxyl groups is 2. The van der Waals surface area contributed by atoms with E-state index in [4.69, 9.17) is 44.9 Å². The zero-order valence-electron chi connectivity index (χ0n) is 32.7. The first kappa shape index (κ1) is 42.1. The Hall–Kier alpha value is -4.50. The molecular weight excluding hydrogens is 758 g/mol. The third-order valence-electron chi connectivity index (χ3n) is 11.1. The Morgan fingerprint density at radius 1 is 1.07 bits per heavy atom. The molecule has 0 aromatic heterocycles. The summed E-state index contributed by atoms with van der Waals surface area (Å²) in [5, 5.41) is 27.0. The highest BCUT2D eigenvalue weighted by Crippen LogP contribution is 2.62. The number of carbonyl (C=O) groups is 2. The van der Waals surface area contributed by atoms with Crippen LogP contribution in [0.1, 0.15) is 68.9 Å². The summed E-state index contributed by atoms with van der Waals surface area (Å²) in [4.78, 5) is 34.2. The van der Waals surface area contributed by atoms with Crippen molar-refractivity contribution in [1.82, 2.24) is 10.2 Å². The zero-order chi connectivity index (χ0) is 40.4. The average Bonchev–Trinajstić information content (AvgIpc) is 3.68. The van der Waals surface area contributed by atoms with Crippen molar-refractivity contribution >= 4 is 29.5 Å². The average molecular weight is 812 g/mol. The predicted octanol–water partition coefficient (Wildman–Crippen LogP) is 6.66. The van der Waals surface area contributed by atoms with Crippen molar-refractivity contribution in [2.24, 2.45) is 22.9 Å². The molecular formula is C42H54ClN3O11. The second kappa shape index (κ2) is 19.8. The Balaban J connectivity index is 1.57. The summed E-state index contributed by atoms with van der Waals surface area (Å²) in [5.74, 6) is -0.268. The molecule has 6 rings (SSSR count). The van der Waals surface area contributed by atoms with Gasteiger partial charge in [-0.2, -0.15) is 0 Å². The largest absolute Gasteiger partial charge is 0.459 e. The Morgan fingerprint density at radius 2 is 1.84 bits per heavy atom. The molecule has 0 spiro atoms. The van der Waals surface area contributed by atoms with Crippen LogP contribution in [0, 0.1) is 17.8 Å². The lowest BCUT2D eigenvalue weighted by molar-refractivity contribution is -0.256. The van der Waals surface area contributed by atoms with Gasteiger partial charge in [-0.05, 0) is 85.9 Å². The summed E-state index contributed by atoms with van der Waals surface area (Å²) in [6.45, 7) is 6.56. The molecule has 1 saturated carbocycles. The van der Waals surface area contributed by atoms with Crippen LogP contribution in [0.4, 0.5) is 9.59 Å². The van der Waals surface area contributed by atoms with Gasteiger partial charge in [-0.3, -0.25) is 4.90 Å². The van der Waals surface area contributed by atoms with Crippen LogP contribution in [-0.2, 0) is 20.9 Å². The number of allylic oxidation sites excluding steroid dienone is 1. The van der Waals surface area contributed by atoms with E-state index in [1.54, 1.807) is 23.1 Å². The predicted molar refractivity (Wildman–Crippen MR) is 212 cm³/mol. The number of nitrogens with zero attached hydrogens (tertiary/aromatic N) is 2. The van der Waals surface area contributed by atoms with Gasteiger partial charge in [0.15, 0.2) is 11.5 Å². The highest BCUT2D eigenvalue weighted by molar-refractivity contribution is 6.18. The summed E-state index contributed by atoms with van der Waals surface area (Å²) in [5.41, 5.74) is 3.06. The number of hydrogen-bond donors (Lipinski definition) is 3. The van der Waals surface area contributed by atoms with Gasteiger partial charge < -0.3 is 48.8 Å². The van der Waals surface area contributed by atoms with E-state index in [9.17, 15) is 19.8 Å². The molecule has 2 aliphatic carbocycles. The van der Waals surface area contributed by atoms with Crippen LogP contribution in [0.3, 0.4) is 0 Å². The standard InChI is InChI=1S/C42H54ClN3O11/c1-4-19-55-42-37(46(41(50)52-20-16-43)25-27-12-14-35-36(21-27)54-26-53-35)24-33(45-51-3)31-22-28(10-6-8-17-47)30(11-7-9-18-48)38(39(31)42)32-23-29(13-15-34(32)57-42)56-40(49)44-5-2/h4,12-15,21-23,28,30,37-39,47-48H,1,5-11,16-20,24-26H2,2-3H3,(H,44,49)/t28-,30+,37-,38+,39+,42+/m0/s1. The SMILES string of the molecule is C=CCO[C@@]12Oc3ccc(OC(=O)NCC)cc3[C@H]3[C@H](CCCCO)[C@@H](CCCCO)C=C(C(=NOC)C[C@@H]1N(Cc1ccc4c(c1)OCO4)C(=O)OCCCl)[C@H]32. The van der Waals surface area contributed by atoms with E-state index in [2.05, 4.69) is 23.1 Å². The number of amides is 2. The minimum atomic E-state index is -1.52. The van der Waals surface area contributed by atoms with Crippen LogP contribution in [-0.4, -0.2) is 97.6 Å². The van der Waals surface area contributed by atoms with Crippen molar-refractivity contribution in [1.29, 1.82) is 0 Å². The maximum Gasteiger partial charge on any atom is 0.412 e. The molecule has 15 heteroatoms. The molecule has 2 aliphatic heterocycles. The summed E-state index contributed by atoms with van der Waals surface area (Å²) < 4.78 is 37.0. The Kier molecular flexibility index (Phi) is 14.6. The van der Waals surface area contributed by atoms with Crippen molar-refractivity contribution in [2.45, 2.75) is 76.2 Å². The number of ether oxygens (including phenoxy) is 6. The number of rotatable bonds is 19. The Morgan fingerprint density at radius 3 is 2.58 bits per heavy atom. The number of fused-ring (bicyclic) bond motifs is 3. The molecule has 57 heavy (non-hydrogen) atoms. The number of unbranched alkanes of at least 4 members (excludes halogenated alkanes) is 2. The molecule has 2 heterocycles. The maximum atomic E-state index is 14.4. The third kappa shape index (κ3) is 9.14. The first-order valence-corrected chi connectivity index (χ1v) is 20.3. The lowest BCUT2D eigenvalue weighted by Gasteiger charge is -2.59. The summed E-state index contributed by atoms with van der Waals surface area (Å²) >= 11 is 6.05.